The van der Waals surface area contributed by atoms with E-state index >= 15 is 0 Å². The number of methoxy groups -OCH3 is 1. The van der Waals surface area contributed by atoms with Gasteiger partial charge < -0.3 is 15.4 Å². The lowest BCUT2D eigenvalue weighted by molar-refractivity contribution is -0.116. The Morgan fingerprint density at radius 1 is 1.40 bits per heavy atom. The van der Waals surface area contributed by atoms with Gasteiger partial charge in [0, 0.05) is 12.1 Å². The number of carbonyl (C=O) groups excluding carboxylic acids is 1. The molecule has 1 aromatic heterocycles. The summed E-state index contributed by atoms with van der Waals surface area (Å²) in [6.07, 6.45) is 5.26. The maximum atomic E-state index is 12.2. The molecule has 1 aromatic carbocycles. The van der Waals surface area contributed by atoms with Gasteiger partial charge in [0.1, 0.15) is 17.8 Å². The molecule has 2 heterocycles. The molecule has 1 saturated heterocycles. The van der Waals surface area contributed by atoms with Gasteiger partial charge in [-0.25, -0.2) is 0 Å². The van der Waals surface area contributed by atoms with Crippen molar-refractivity contribution in [3.05, 3.63) is 24.5 Å². The lowest BCUT2D eigenvalue weighted by atomic mass is 9.93. The number of ether oxygens (including phenoxy) is 1. The second-order valence-electron chi connectivity index (χ2n) is 5.92. The van der Waals surface area contributed by atoms with Crippen molar-refractivity contribution in [1.29, 1.82) is 0 Å². The lowest BCUT2D eigenvalue weighted by Crippen LogP contribution is -2.28. The smallest absolute Gasteiger partial charge is 0.224 e. The third-order valence-corrected chi connectivity index (χ3v) is 4.30. The highest BCUT2D eigenvalue weighted by Gasteiger charge is 2.15. The fraction of sp³-hybridized carbons (Fsp3) is 0.500. The van der Waals surface area contributed by atoms with E-state index in [2.05, 4.69) is 26.2 Å². The quantitative estimate of drug-likeness (QED) is 0.809. The van der Waals surface area contributed by atoms with Crippen molar-refractivity contribution in [3.63, 3.8) is 0 Å². The van der Waals surface area contributed by atoms with E-state index < -0.39 is 0 Å². The summed E-state index contributed by atoms with van der Waals surface area (Å²) in [5, 5.41) is 17.4. The summed E-state index contributed by atoms with van der Waals surface area (Å²) < 4.78 is 6.82. The van der Waals surface area contributed by atoms with Gasteiger partial charge in [-0.3, -0.25) is 4.79 Å². The molecule has 2 N–H and O–H groups in total. The Bertz CT molecular complexity index is 673. The molecular formula is C16H23ClN6O2. The molecule has 1 amide bonds. The molecule has 0 saturated carbocycles. The minimum atomic E-state index is 0. The molecular weight excluding hydrogens is 344 g/mol. The van der Waals surface area contributed by atoms with E-state index in [0.717, 1.165) is 32.4 Å². The van der Waals surface area contributed by atoms with Crippen LogP contribution in [0.5, 0.6) is 5.75 Å². The highest BCUT2D eigenvalue weighted by atomic mass is 35.5. The van der Waals surface area contributed by atoms with Crippen LogP contribution in [0.4, 0.5) is 5.69 Å². The average molecular weight is 367 g/mol. The van der Waals surface area contributed by atoms with Crippen molar-refractivity contribution in [2.45, 2.75) is 25.7 Å². The Morgan fingerprint density at radius 2 is 2.20 bits per heavy atom. The van der Waals surface area contributed by atoms with Crippen LogP contribution in [0, 0.1) is 5.92 Å². The number of hydrogen-bond acceptors (Lipinski definition) is 6. The number of carbonyl (C=O) groups is 1. The molecule has 0 radical (unpaired) electrons. The number of piperidine rings is 1. The number of hydrogen-bond donors (Lipinski definition) is 2. The highest BCUT2D eigenvalue weighted by molar-refractivity contribution is 5.91. The molecule has 1 aliphatic rings. The summed E-state index contributed by atoms with van der Waals surface area (Å²) in [5.41, 5.74) is 1.38. The van der Waals surface area contributed by atoms with Crippen LogP contribution in [0.2, 0.25) is 0 Å². The van der Waals surface area contributed by atoms with E-state index in [1.54, 1.807) is 19.2 Å². The summed E-state index contributed by atoms with van der Waals surface area (Å²) >= 11 is 0. The second kappa shape index (κ2) is 9.33. The number of halogens is 1. The third-order valence-electron chi connectivity index (χ3n) is 4.30. The van der Waals surface area contributed by atoms with Gasteiger partial charge in [0.05, 0.1) is 7.11 Å². The third kappa shape index (κ3) is 5.14. The second-order valence-corrected chi connectivity index (χ2v) is 5.92. The zero-order valence-corrected chi connectivity index (χ0v) is 15.0. The van der Waals surface area contributed by atoms with Crippen molar-refractivity contribution in [2.24, 2.45) is 5.92 Å². The molecule has 25 heavy (non-hydrogen) atoms. The highest BCUT2D eigenvalue weighted by Crippen LogP contribution is 2.26. The topological polar surface area (TPSA) is 94.0 Å². The van der Waals surface area contributed by atoms with Gasteiger partial charge in [0.25, 0.3) is 0 Å². The van der Waals surface area contributed by atoms with E-state index in [9.17, 15) is 4.79 Å². The van der Waals surface area contributed by atoms with Crippen molar-refractivity contribution < 1.29 is 9.53 Å². The Kier molecular flexibility index (Phi) is 7.15. The maximum Gasteiger partial charge on any atom is 0.224 e. The predicted octanol–water partition coefficient (Wildman–Crippen LogP) is 1.81. The molecule has 9 heteroatoms. The number of anilines is 1. The fourth-order valence-corrected chi connectivity index (χ4v) is 2.95. The molecule has 0 atom stereocenters. The van der Waals surface area contributed by atoms with E-state index in [1.807, 2.05) is 6.07 Å². The first-order valence-electron chi connectivity index (χ1n) is 8.18. The first-order chi connectivity index (χ1) is 11.8. The van der Waals surface area contributed by atoms with Gasteiger partial charge in [-0.05, 0) is 66.9 Å². The number of amides is 1. The van der Waals surface area contributed by atoms with Gasteiger partial charge >= 0.3 is 0 Å². The molecule has 2 aromatic rings. The van der Waals surface area contributed by atoms with Crippen molar-refractivity contribution in [3.8, 4) is 11.4 Å². The summed E-state index contributed by atoms with van der Waals surface area (Å²) in [4.78, 5) is 12.2. The normalized spacial score (nSPS) is 14.6. The monoisotopic (exact) mass is 366 g/mol. The number of tetrazole rings is 1. The first kappa shape index (κ1) is 19.1. The zero-order valence-electron chi connectivity index (χ0n) is 14.1. The van der Waals surface area contributed by atoms with Gasteiger partial charge in [0.15, 0.2) is 0 Å². The van der Waals surface area contributed by atoms with E-state index in [-0.39, 0.29) is 18.3 Å². The molecule has 136 valence electrons. The van der Waals surface area contributed by atoms with E-state index in [4.69, 9.17) is 4.74 Å². The van der Waals surface area contributed by atoms with Gasteiger partial charge in [-0.15, -0.1) is 17.5 Å². The maximum absolute atomic E-state index is 12.2. The number of rotatable bonds is 6. The van der Waals surface area contributed by atoms with Crippen molar-refractivity contribution >= 4 is 24.0 Å². The van der Waals surface area contributed by atoms with E-state index in [0.29, 0.717) is 29.5 Å². The Balaban J connectivity index is 0.00000225. The molecule has 3 rings (SSSR count). The van der Waals surface area contributed by atoms with Gasteiger partial charge in [-0.1, -0.05) is 0 Å². The van der Waals surface area contributed by atoms with Crippen LogP contribution in [-0.2, 0) is 4.79 Å². The minimum Gasteiger partial charge on any atom is -0.494 e. The number of nitrogens with one attached hydrogen (secondary N) is 2. The Labute approximate surface area is 152 Å². The van der Waals surface area contributed by atoms with Gasteiger partial charge in [0.2, 0.25) is 5.91 Å². The molecule has 8 nitrogen and oxygen atoms in total. The molecule has 0 aliphatic carbocycles. The van der Waals surface area contributed by atoms with Crippen LogP contribution in [-0.4, -0.2) is 46.3 Å². The number of aromatic nitrogens is 4. The SMILES string of the molecule is COc1ccc(NC(=O)CCC2CCNCC2)cc1-n1cnnn1.Cl. The number of nitrogens with zero attached hydrogens (tertiary/aromatic N) is 4. The van der Waals surface area contributed by atoms with Gasteiger partial charge in [-0.2, -0.15) is 4.68 Å². The van der Waals surface area contributed by atoms with Crippen LogP contribution >= 0.6 is 12.4 Å². The zero-order chi connectivity index (χ0) is 16.8. The number of benzene rings is 1. The van der Waals surface area contributed by atoms with E-state index in [1.165, 1.54) is 11.0 Å². The average Bonchev–Trinajstić information content (AvgIpc) is 3.15. The Hall–Kier alpha value is -2.19. The van der Waals surface area contributed by atoms with Crippen molar-refractivity contribution in [1.82, 2.24) is 25.5 Å². The Morgan fingerprint density at radius 3 is 2.88 bits per heavy atom. The van der Waals surface area contributed by atoms with Crippen LogP contribution < -0.4 is 15.4 Å². The molecule has 1 aliphatic heterocycles. The largest absolute Gasteiger partial charge is 0.494 e. The summed E-state index contributed by atoms with van der Waals surface area (Å²) in [6, 6.07) is 5.41. The molecule has 1 fully saturated rings. The minimum absolute atomic E-state index is 0. The standard InChI is InChI=1S/C16H22N6O2.ClH/c1-24-15-4-3-13(10-14(15)22-11-18-20-21-22)19-16(23)5-2-12-6-8-17-9-7-12;/h3-4,10-12,17H,2,5-9H2,1H3,(H,19,23);1H. The summed E-state index contributed by atoms with van der Waals surface area (Å²) in [7, 11) is 1.58. The molecule has 0 unspecified atom stereocenters. The molecule has 0 bridgehead atoms. The summed E-state index contributed by atoms with van der Waals surface area (Å²) in [5.74, 6) is 1.31. The predicted molar refractivity (Wildman–Crippen MR) is 96.4 cm³/mol. The fourth-order valence-electron chi connectivity index (χ4n) is 2.95. The summed E-state index contributed by atoms with van der Waals surface area (Å²) in [6.45, 7) is 2.11. The van der Waals surface area contributed by atoms with Crippen LogP contribution in [0.3, 0.4) is 0 Å². The molecule has 0 spiro atoms. The van der Waals surface area contributed by atoms with Crippen LogP contribution in [0.1, 0.15) is 25.7 Å². The van der Waals surface area contributed by atoms with Crippen LogP contribution in [0.25, 0.3) is 5.69 Å². The first-order valence-corrected chi connectivity index (χ1v) is 8.18. The van der Waals surface area contributed by atoms with Crippen molar-refractivity contribution in [2.75, 3.05) is 25.5 Å². The van der Waals surface area contributed by atoms with Crippen LogP contribution in [0.15, 0.2) is 24.5 Å². The lowest BCUT2D eigenvalue weighted by Gasteiger charge is -2.22.